The standard InChI is InChI=1S/C5H9I/c1-2-4-3-5(4)6/h4-5H,2-3H2,1H3/t4-,5?/m0/s1. The van der Waals surface area contributed by atoms with Gasteiger partial charge in [0, 0.05) is 3.92 Å². The lowest BCUT2D eigenvalue weighted by molar-refractivity contribution is 0.807. The van der Waals surface area contributed by atoms with Crippen molar-refractivity contribution in [2.45, 2.75) is 23.7 Å². The molecule has 6 heavy (non-hydrogen) atoms. The van der Waals surface area contributed by atoms with Gasteiger partial charge >= 0.3 is 0 Å². The van der Waals surface area contributed by atoms with Crippen molar-refractivity contribution >= 4 is 22.6 Å². The fraction of sp³-hybridized carbons (Fsp3) is 1.00. The van der Waals surface area contributed by atoms with Crippen LogP contribution >= 0.6 is 22.6 Å². The summed E-state index contributed by atoms with van der Waals surface area (Å²) < 4.78 is 1.03. The fourth-order valence-corrected chi connectivity index (χ4v) is 1.79. The predicted octanol–water partition coefficient (Wildman–Crippen LogP) is 2.22. The molecule has 0 aromatic heterocycles. The summed E-state index contributed by atoms with van der Waals surface area (Å²) in [5, 5.41) is 0. The van der Waals surface area contributed by atoms with E-state index in [1.54, 1.807) is 0 Å². The van der Waals surface area contributed by atoms with Gasteiger partial charge in [-0.1, -0.05) is 35.9 Å². The van der Waals surface area contributed by atoms with Gasteiger partial charge in [0.15, 0.2) is 0 Å². The summed E-state index contributed by atoms with van der Waals surface area (Å²) in [5.74, 6) is 1.09. The lowest BCUT2D eigenvalue weighted by Gasteiger charge is -1.77. The van der Waals surface area contributed by atoms with Crippen LogP contribution in [0, 0.1) is 5.92 Å². The zero-order chi connectivity index (χ0) is 4.57. The maximum atomic E-state index is 2.52. The molecule has 0 amide bonds. The largest absolute Gasteiger partial charge is 0.0823 e. The van der Waals surface area contributed by atoms with Gasteiger partial charge in [-0.05, 0) is 12.3 Å². The van der Waals surface area contributed by atoms with Crippen LogP contribution < -0.4 is 0 Å². The average Bonchev–Trinajstić information content (AvgIpc) is 2.19. The van der Waals surface area contributed by atoms with Crippen LogP contribution in [0.1, 0.15) is 19.8 Å². The highest BCUT2D eigenvalue weighted by atomic mass is 127. The van der Waals surface area contributed by atoms with Crippen molar-refractivity contribution in [1.29, 1.82) is 0 Å². The molecular weight excluding hydrogens is 187 g/mol. The summed E-state index contributed by atoms with van der Waals surface area (Å²) in [6.45, 7) is 2.27. The van der Waals surface area contributed by atoms with E-state index in [0.717, 1.165) is 9.84 Å². The summed E-state index contributed by atoms with van der Waals surface area (Å²) >= 11 is 2.52. The van der Waals surface area contributed by atoms with Crippen LogP contribution in [0.15, 0.2) is 0 Å². The minimum atomic E-state index is 1.03. The minimum absolute atomic E-state index is 1.03. The molecule has 0 aromatic carbocycles. The second-order valence-corrected chi connectivity index (χ2v) is 3.52. The summed E-state index contributed by atoms with van der Waals surface area (Å²) in [5.41, 5.74) is 0. The Bertz CT molecular complexity index is 49.9. The predicted molar refractivity (Wildman–Crippen MR) is 36.2 cm³/mol. The lowest BCUT2D eigenvalue weighted by Crippen LogP contribution is -1.69. The third kappa shape index (κ3) is 0.863. The lowest BCUT2D eigenvalue weighted by atomic mass is 10.3. The Morgan fingerprint density at radius 3 is 2.33 bits per heavy atom. The van der Waals surface area contributed by atoms with E-state index in [9.17, 15) is 0 Å². The van der Waals surface area contributed by atoms with E-state index in [-0.39, 0.29) is 0 Å². The average molecular weight is 196 g/mol. The molecule has 1 heteroatoms. The van der Waals surface area contributed by atoms with Crippen molar-refractivity contribution < 1.29 is 0 Å². The summed E-state index contributed by atoms with van der Waals surface area (Å²) in [4.78, 5) is 0. The number of alkyl halides is 1. The molecule has 0 aliphatic heterocycles. The summed E-state index contributed by atoms with van der Waals surface area (Å²) in [7, 11) is 0. The van der Waals surface area contributed by atoms with Crippen molar-refractivity contribution in [3.63, 3.8) is 0 Å². The summed E-state index contributed by atoms with van der Waals surface area (Å²) in [6, 6.07) is 0. The highest BCUT2D eigenvalue weighted by Crippen LogP contribution is 2.40. The molecule has 0 spiro atoms. The van der Waals surface area contributed by atoms with E-state index in [0.29, 0.717) is 0 Å². The molecule has 0 radical (unpaired) electrons. The van der Waals surface area contributed by atoms with Crippen molar-refractivity contribution in [1.82, 2.24) is 0 Å². The Hall–Kier alpha value is 0.730. The quantitative estimate of drug-likeness (QED) is 0.445. The van der Waals surface area contributed by atoms with Crippen molar-refractivity contribution in [2.75, 3.05) is 0 Å². The topological polar surface area (TPSA) is 0 Å². The minimum Gasteiger partial charge on any atom is -0.0823 e. The van der Waals surface area contributed by atoms with E-state index >= 15 is 0 Å². The van der Waals surface area contributed by atoms with E-state index in [1.807, 2.05) is 0 Å². The number of rotatable bonds is 1. The zero-order valence-corrected chi connectivity index (χ0v) is 6.10. The van der Waals surface area contributed by atoms with Gasteiger partial charge in [0.1, 0.15) is 0 Å². The Labute approximate surface area is 52.5 Å². The summed E-state index contributed by atoms with van der Waals surface area (Å²) in [6.07, 6.45) is 2.88. The number of hydrogen-bond donors (Lipinski definition) is 0. The van der Waals surface area contributed by atoms with E-state index in [2.05, 4.69) is 29.5 Å². The second-order valence-electron chi connectivity index (χ2n) is 1.92. The molecule has 0 nitrogen and oxygen atoms in total. The molecule has 0 bridgehead atoms. The smallest absolute Gasteiger partial charge is 0.0141 e. The van der Waals surface area contributed by atoms with Gasteiger partial charge in [-0.25, -0.2) is 0 Å². The van der Waals surface area contributed by atoms with Crippen LogP contribution in [0.25, 0.3) is 0 Å². The van der Waals surface area contributed by atoms with Crippen LogP contribution in [-0.2, 0) is 0 Å². The first-order valence-electron chi connectivity index (χ1n) is 2.48. The molecule has 0 heterocycles. The third-order valence-electron chi connectivity index (χ3n) is 1.36. The molecule has 2 atom stereocenters. The van der Waals surface area contributed by atoms with Gasteiger partial charge in [0.2, 0.25) is 0 Å². The van der Waals surface area contributed by atoms with E-state index in [4.69, 9.17) is 0 Å². The van der Waals surface area contributed by atoms with Crippen LogP contribution in [-0.4, -0.2) is 3.92 Å². The highest BCUT2D eigenvalue weighted by molar-refractivity contribution is 14.1. The molecule has 1 unspecified atom stereocenters. The van der Waals surface area contributed by atoms with Crippen LogP contribution in [0.2, 0.25) is 0 Å². The van der Waals surface area contributed by atoms with Crippen LogP contribution in [0.4, 0.5) is 0 Å². The molecular formula is C5H9I. The second kappa shape index (κ2) is 1.68. The van der Waals surface area contributed by atoms with E-state index < -0.39 is 0 Å². The Morgan fingerprint density at radius 1 is 1.83 bits per heavy atom. The van der Waals surface area contributed by atoms with Gasteiger partial charge in [-0.3, -0.25) is 0 Å². The third-order valence-corrected chi connectivity index (χ3v) is 2.89. The Balaban J connectivity index is 2.09. The van der Waals surface area contributed by atoms with Gasteiger partial charge in [0.25, 0.3) is 0 Å². The molecule has 36 valence electrons. The van der Waals surface area contributed by atoms with Crippen LogP contribution in [0.5, 0.6) is 0 Å². The fourth-order valence-electron chi connectivity index (χ4n) is 0.633. The van der Waals surface area contributed by atoms with Gasteiger partial charge in [-0.2, -0.15) is 0 Å². The first-order valence-corrected chi connectivity index (χ1v) is 3.73. The molecule has 0 N–H and O–H groups in total. The van der Waals surface area contributed by atoms with Crippen LogP contribution in [0.3, 0.4) is 0 Å². The Morgan fingerprint density at radius 2 is 2.33 bits per heavy atom. The van der Waals surface area contributed by atoms with Crippen molar-refractivity contribution in [3.8, 4) is 0 Å². The maximum Gasteiger partial charge on any atom is 0.0141 e. The molecule has 0 aromatic rings. The molecule has 1 saturated carbocycles. The van der Waals surface area contributed by atoms with E-state index in [1.165, 1.54) is 12.8 Å². The monoisotopic (exact) mass is 196 g/mol. The molecule has 1 aliphatic rings. The van der Waals surface area contributed by atoms with Crippen molar-refractivity contribution in [3.05, 3.63) is 0 Å². The molecule has 1 fully saturated rings. The normalized spacial score (nSPS) is 43.0. The van der Waals surface area contributed by atoms with Crippen molar-refractivity contribution in [2.24, 2.45) is 5.92 Å². The Kier molecular flexibility index (Phi) is 1.37. The van der Waals surface area contributed by atoms with Gasteiger partial charge in [0.05, 0.1) is 0 Å². The van der Waals surface area contributed by atoms with Gasteiger partial charge in [-0.15, -0.1) is 0 Å². The number of hydrogen-bond acceptors (Lipinski definition) is 0. The van der Waals surface area contributed by atoms with Gasteiger partial charge < -0.3 is 0 Å². The highest BCUT2D eigenvalue weighted by Gasteiger charge is 2.31. The maximum absolute atomic E-state index is 2.52. The SMILES string of the molecule is CC[C@H]1CC1I. The zero-order valence-electron chi connectivity index (χ0n) is 3.95. The number of halogens is 1. The first kappa shape index (κ1) is 4.88. The molecule has 1 aliphatic carbocycles. The molecule has 0 saturated heterocycles. The molecule has 1 rings (SSSR count). The first-order chi connectivity index (χ1) is 2.84.